The van der Waals surface area contributed by atoms with Gasteiger partial charge in [0, 0.05) is 10.4 Å². The van der Waals surface area contributed by atoms with Crippen LogP contribution in [0, 0.1) is 11.6 Å². The van der Waals surface area contributed by atoms with Gasteiger partial charge < -0.3 is 5.32 Å². The van der Waals surface area contributed by atoms with Crippen molar-refractivity contribution in [2.24, 2.45) is 0 Å². The van der Waals surface area contributed by atoms with Crippen LogP contribution >= 0.6 is 22.7 Å². The molecule has 0 bridgehead atoms. The van der Waals surface area contributed by atoms with Gasteiger partial charge in [-0.25, -0.2) is 8.78 Å². The zero-order valence-electron chi connectivity index (χ0n) is 11.3. The Morgan fingerprint density at radius 2 is 1.95 bits per heavy atom. The van der Waals surface area contributed by atoms with E-state index in [1.807, 2.05) is 34.3 Å². The van der Waals surface area contributed by atoms with Gasteiger partial charge in [-0.2, -0.15) is 11.3 Å². The predicted molar refractivity (Wildman–Crippen MR) is 84.3 cm³/mol. The second-order valence-electron chi connectivity index (χ2n) is 4.61. The summed E-state index contributed by atoms with van der Waals surface area (Å²) in [6.07, 6.45) is 0. The Labute approximate surface area is 134 Å². The molecule has 0 radical (unpaired) electrons. The Hall–Kier alpha value is -2.05. The van der Waals surface area contributed by atoms with Crippen LogP contribution in [0.2, 0.25) is 0 Å². The van der Waals surface area contributed by atoms with Crippen LogP contribution in [0.3, 0.4) is 0 Å². The van der Waals surface area contributed by atoms with Gasteiger partial charge in [0.25, 0.3) is 5.91 Å². The van der Waals surface area contributed by atoms with E-state index < -0.39 is 17.5 Å². The summed E-state index contributed by atoms with van der Waals surface area (Å²) in [5, 5.41) is 8.69. The number of nitrogens with one attached hydrogen (secondary N) is 1. The second kappa shape index (κ2) is 6.37. The van der Waals surface area contributed by atoms with Crippen molar-refractivity contribution in [3.63, 3.8) is 0 Å². The highest BCUT2D eigenvalue weighted by molar-refractivity contribution is 7.10. The van der Waals surface area contributed by atoms with E-state index in [4.69, 9.17) is 0 Å². The van der Waals surface area contributed by atoms with Gasteiger partial charge >= 0.3 is 0 Å². The first kappa shape index (κ1) is 14.9. The molecule has 2 aromatic heterocycles. The normalized spacial score (nSPS) is 12.1. The molecular weight excluding hydrogens is 324 g/mol. The van der Waals surface area contributed by atoms with Gasteiger partial charge in [0.1, 0.15) is 0 Å². The molecule has 22 heavy (non-hydrogen) atoms. The second-order valence-corrected chi connectivity index (χ2v) is 6.37. The van der Waals surface area contributed by atoms with Gasteiger partial charge in [-0.3, -0.25) is 4.79 Å². The van der Waals surface area contributed by atoms with E-state index in [9.17, 15) is 13.6 Å². The number of carbonyl (C=O) groups is 1. The molecule has 3 rings (SSSR count). The maximum absolute atomic E-state index is 13.3. The summed E-state index contributed by atoms with van der Waals surface area (Å²) in [7, 11) is 0. The van der Waals surface area contributed by atoms with E-state index in [1.165, 1.54) is 28.7 Å². The number of hydrogen-bond donors (Lipinski definition) is 1. The number of carbonyl (C=O) groups excluding carboxylic acids is 1. The minimum absolute atomic E-state index is 0.0932. The van der Waals surface area contributed by atoms with Crippen LogP contribution in [-0.2, 0) is 0 Å². The van der Waals surface area contributed by atoms with E-state index in [-0.39, 0.29) is 11.6 Å². The van der Waals surface area contributed by atoms with E-state index in [0.717, 1.165) is 22.6 Å². The van der Waals surface area contributed by atoms with Crippen molar-refractivity contribution in [3.8, 4) is 0 Å². The minimum atomic E-state index is -1.03. The molecule has 2 heterocycles. The predicted octanol–water partition coefficient (Wildman–Crippen LogP) is 4.61. The molecule has 0 aliphatic carbocycles. The number of rotatable bonds is 4. The summed E-state index contributed by atoms with van der Waals surface area (Å²) in [5.74, 6) is -2.44. The summed E-state index contributed by atoms with van der Waals surface area (Å²) in [4.78, 5) is 13.3. The average molecular weight is 335 g/mol. The van der Waals surface area contributed by atoms with E-state index in [2.05, 4.69) is 5.32 Å². The lowest BCUT2D eigenvalue weighted by Crippen LogP contribution is -2.28. The van der Waals surface area contributed by atoms with Gasteiger partial charge in [0.15, 0.2) is 11.6 Å². The molecule has 3 aromatic rings. The van der Waals surface area contributed by atoms with Gasteiger partial charge in [-0.15, -0.1) is 11.3 Å². The van der Waals surface area contributed by atoms with Gasteiger partial charge in [0.2, 0.25) is 0 Å². The summed E-state index contributed by atoms with van der Waals surface area (Å²) in [6.45, 7) is 0. The lowest BCUT2D eigenvalue weighted by atomic mass is 10.1. The molecule has 1 aromatic carbocycles. The van der Waals surface area contributed by atoms with Crippen LogP contribution in [0.15, 0.2) is 52.5 Å². The first-order chi connectivity index (χ1) is 10.6. The third-order valence-corrected chi connectivity index (χ3v) is 4.80. The number of hydrogen-bond acceptors (Lipinski definition) is 3. The summed E-state index contributed by atoms with van der Waals surface area (Å²) in [5.41, 5.74) is 1.05. The molecule has 1 atom stereocenters. The third-order valence-electron chi connectivity index (χ3n) is 3.16. The molecule has 0 aliphatic rings. The number of benzene rings is 1. The SMILES string of the molecule is O=C(NC(c1ccsc1)c1cccs1)c1ccc(F)c(F)c1. The molecule has 112 valence electrons. The Morgan fingerprint density at radius 3 is 2.59 bits per heavy atom. The van der Waals surface area contributed by atoms with Gasteiger partial charge in [-0.1, -0.05) is 6.07 Å². The fourth-order valence-corrected chi connectivity index (χ4v) is 3.55. The maximum Gasteiger partial charge on any atom is 0.252 e. The van der Waals surface area contributed by atoms with Crippen molar-refractivity contribution < 1.29 is 13.6 Å². The Morgan fingerprint density at radius 1 is 1.09 bits per heavy atom. The zero-order valence-corrected chi connectivity index (χ0v) is 12.9. The molecule has 0 saturated carbocycles. The summed E-state index contributed by atoms with van der Waals surface area (Å²) >= 11 is 3.06. The van der Waals surface area contributed by atoms with Crippen LogP contribution < -0.4 is 5.32 Å². The first-order valence-corrected chi connectivity index (χ1v) is 8.29. The summed E-state index contributed by atoms with van der Waals surface area (Å²) < 4.78 is 26.2. The van der Waals surface area contributed by atoms with E-state index >= 15 is 0 Å². The van der Waals surface area contributed by atoms with Crippen molar-refractivity contribution in [2.45, 2.75) is 6.04 Å². The standard InChI is InChI=1S/C16H11F2NOS2/c17-12-4-3-10(8-13(12)18)16(20)19-15(11-5-7-21-9-11)14-2-1-6-22-14/h1-9,15H,(H,19,20). The number of amides is 1. The Kier molecular flexibility index (Phi) is 4.31. The third kappa shape index (κ3) is 3.08. The zero-order chi connectivity index (χ0) is 15.5. The Balaban J connectivity index is 1.87. The first-order valence-electron chi connectivity index (χ1n) is 6.46. The molecule has 1 unspecified atom stereocenters. The molecule has 0 aliphatic heterocycles. The number of halogens is 2. The molecule has 0 spiro atoms. The molecule has 1 N–H and O–H groups in total. The molecule has 2 nitrogen and oxygen atoms in total. The van der Waals surface area contributed by atoms with Crippen molar-refractivity contribution in [3.05, 3.63) is 80.2 Å². The van der Waals surface area contributed by atoms with Gasteiger partial charge in [-0.05, 0) is 52.0 Å². The highest BCUT2D eigenvalue weighted by atomic mass is 32.1. The lowest BCUT2D eigenvalue weighted by Gasteiger charge is -2.16. The van der Waals surface area contributed by atoms with E-state index in [0.29, 0.717) is 0 Å². The molecule has 6 heteroatoms. The number of thiophene rings is 2. The minimum Gasteiger partial charge on any atom is -0.340 e. The fraction of sp³-hybridized carbons (Fsp3) is 0.0625. The average Bonchev–Trinajstić information content (AvgIpc) is 3.20. The Bertz CT molecular complexity index is 735. The highest BCUT2D eigenvalue weighted by Gasteiger charge is 2.19. The van der Waals surface area contributed by atoms with Crippen LogP contribution in [-0.4, -0.2) is 5.91 Å². The maximum atomic E-state index is 13.3. The molecule has 0 saturated heterocycles. The topological polar surface area (TPSA) is 29.1 Å². The molecular formula is C16H11F2NOS2. The van der Waals surface area contributed by atoms with Crippen molar-refractivity contribution in [2.75, 3.05) is 0 Å². The quantitative estimate of drug-likeness (QED) is 0.741. The van der Waals surface area contributed by atoms with Crippen molar-refractivity contribution >= 4 is 28.6 Å². The van der Waals surface area contributed by atoms with Crippen molar-refractivity contribution in [1.29, 1.82) is 0 Å². The monoisotopic (exact) mass is 335 g/mol. The van der Waals surface area contributed by atoms with Crippen LogP contribution in [0.4, 0.5) is 8.78 Å². The molecule has 1 amide bonds. The van der Waals surface area contributed by atoms with Crippen molar-refractivity contribution in [1.82, 2.24) is 5.32 Å². The smallest absolute Gasteiger partial charge is 0.252 e. The van der Waals surface area contributed by atoms with Crippen LogP contribution in [0.1, 0.15) is 26.8 Å². The van der Waals surface area contributed by atoms with E-state index in [1.54, 1.807) is 0 Å². The molecule has 0 fully saturated rings. The largest absolute Gasteiger partial charge is 0.340 e. The van der Waals surface area contributed by atoms with Crippen LogP contribution in [0.5, 0.6) is 0 Å². The fourth-order valence-electron chi connectivity index (χ4n) is 2.07. The highest BCUT2D eigenvalue weighted by Crippen LogP contribution is 2.28. The lowest BCUT2D eigenvalue weighted by molar-refractivity contribution is 0.0943. The van der Waals surface area contributed by atoms with Crippen LogP contribution in [0.25, 0.3) is 0 Å². The van der Waals surface area contributed by atoms with Gasteiger partial charge in [0.05, 0.1) is 6.04 Å². The summed E-state index contributed by atoms with van der Waals surface area (Å²) in [6, 6.07) is 8.60.